The van der Waals surface area contributed by atoms with Crippen LogP contribution in [0.5, 0.6) is 0 Å². The normalized spacial score (nSPS) is 23.6. The van der Waals surface area contributed by atoms with E-state index in [0.717, 1.165) is 75.4 Å². The summed E-state index contributed by atoms with van der Waals surface area (Å²) in [5.74, 6) is 1.73. The van der Waals surface area contributed by atoms with Crippen molar-refractivity contribution in [3.8, 4) is 0 Å². The predicted molar refractivity (Wildman–Crippen MR) is 116 cm³/mol. The fourth-order valence-corrected chi connectivity index (χ4v) is 4.87. The summed E-state index contributed by atoms with van der Waals surface area (Å²) in [7, 11) is 0. The first-order valence-electron chi connectivity index (χ1n) is 11.4. The zero-order valence-electron chi connectivity index (χ0n) is 17.6. The molecule has 160 valence electrons. The zero-order valence-corrected chi connectivity index (χ0v) is 17.6. The first kappa shape index (κ1) is 19.7. The molecule has 7 heteroatoms. The maximum atomic E-state index is 13.3. The number of carbonyl (C=O) groups excluding carboxylic acids is 1. The average molecular weight is 410 g/mol. The SMILES string of the molecule is O=C1CCN(CCN2CCCC2c2nc3ccccc3c(=O)n2CC2CC2)CCN1. The zero-order chi connectivity index (χ0) is 20.5. The van der Waals surface area contributed by atoms with Crippen molar-refractivity contribution in [1.82, 2.24) is 24.7 Å². The van der Waals surface area contributed by atoms with Gasteiger partial charge >= 0.3 is 0 Å². The van der Waals surface area contributed by atoms with Gasteiger partial charge in [0.1, 0.15) is 5.82 Å². The van der Waals surface area contributed by atoms with Crippen LogP contribution in [0.3, 0.4) is 0 Å². The molecule has 2 aromatic rings. The molecule has 1 aromatic carbocycles. The van der Waals surface area contributed by atoms with Gasteiger partial charge in [-0.05, 0) is 50.3 Å². The van der Waals surface area contributed by atoms with Gasteiger partial charge in [-0.2, -0.15) is 0 Å². The van der Waals surface area contributed by atoms with Crippen molar-refractivity contribution in [2.24, 2.45) is 5.92 Å². The second-order valence-electron chi connectivity index (χ2n) is 8.98. The molecule has 5 rings (SSSR count). The van der Waals surface area contributed by atoms with E-state index in [-0.39, 0.29) is 17.5 Å². The minimum Gasteiger partial charge on any atom is -0.355 e. The van der Waals surface area contributed by atoms with Crippen LogP contribution >= 0.6 is 0 Å². The highest BCUT2D eigenvalue weighted by Gasteiger charge is 2.32. The molecule has 1 aromatic heterocycles. The summed E-state index contributed by atoms with van der Waals surface area (Å²) in [4.78, 5) is 34.8. The molecule has 2 aliphatic heterocycles. The van der Waals surface area contributed by atoms with Gasteiger partial charge in [0.05, 0.1) is 16.9 Å². The Morgan fingerprint density at radius 2 is 1.90 bits per heavy atom. The quantitative estimate of drug-likeness (QED) is 0.787. The number of hydrogen-bond donors (Lipinski definition) is 1. The largest absolute Gasteiger partial charge is 0.355 e. The summed E-state index contributed by atoms with van der Waals surface area (Å²) in [6.07, 6.45) is 5.20. The number of amides is 1. The van der Waals surface area contributed by atoms with Crippen molar-refractivity contribution in [2.75, 3.05) is 39.3 Å². The molecule has 3 fully saturated rings. The topological polar surface area (TPSA) is 70.5 Å². The molecule has 2 saturated heterocycles. The molecule has 1 atom stereocenters. The van der Waals surface area contributed by atoms with E-state index < -0.39 is 0 Å². The van der Waals surface area contributed by atoms with Crippen LogP contribution in [0, 0.1) is 5.92 Å². The van der Waals surface area contributed by atoms with Gasteiger partial charge in [0.2, 0.25) is 5.91 Å². The third kappa shape index (κ3) is 4.14. The molecule has 3 heterocycles. The van der Waals surface area contributed by atoms with E-state index in [1.165, 1.54) is 12.8 Å². The molecule has 30 heavy (non-hydrogen) atoms. The third-order valence-corrected chi connectivity index (χ3v) is 6.80. The Balaban J connectivity index is 1.39. The summed E-state index contributed by atoms with van der Waals surface area (Å²) in [5, 5.41) is 3.68. The Morgan fingerprint density at radius 3 is 2.77 bits per heavy atom. The van der Waals surface area contributed by atoms with Crippen molar-refractivity contribution in [2.45, 2.75) is 44.7 Å². The van der Waals surface area contributed by atoms with Crippen LogP contribution in [-0.4, -0.2) is 64.5 Å². The number of nitrogens with one attached hydrogen (secondary N) is 1. The van der Waals surface area contributed by atoms with E-state index in [2.05, 4.69) is 15.1 Å². The molecule has 1 unspecified atom stereocenters. The van der Waals surface area contributed by atoms with Crippen LogP contribution in [0.25, 0.3) is 10.9 Å². The lowest BCUT2D eigenvalue weighted by Crippen LogP contribution is -2.38. The van der Waals surface area contributed by atoms with E-state index in [4.69, 9.17) is 4.98 Å². The number of benzene rings is 1. The minimum absolute atomic E-state index is 0.117. The van der Waals surface area contributed by atoms with Crippen molar-refractivity contribution in [1.29, 1.82) is 0 Å². The minimum atomic E-state index is 0.117. The molecular weight excluding hydrogens is 378 g/mol. The Morgan fingerprint density at radius 1 is 1.03 bits per heavy atom. The number of nitrogens with zero attached hydrogens (tertiary/aromatic N) is 4. The number of rotatable bonds is 6. The second kappa shape index (κ2) is 8.47. The fourth-order valence-electron chi connectivity index (χ4n) is 4.87. The van der Waals surface area contributed by atoms with Crippen LogP contribution in [0.15, 0.2) is 29.1 Å². The molecule has 0 bridgehead atoms. The first-order chi connectivity index (χ1) is 14.7. The number of likely N-dealkylation sites (tertiary alicyclic amines) is 1. The molecule has 7 nitrogen and oxygen atoms in total. The number of aromatic nitrogens is 2. The summed E-state index contributed by atoms with van der Waals surface area (Å²) in [6.45, 7) is 6.21. The van der Waals surface area contributed by atoms with Gasteiger partial charge in [-0.3, -0.25) is 24.0 Å². The Kier molecular flexibility index (Phi) is 5.56. The molecule has 1 saturated carbocycles. The lowest BCUT2D eigenvalue weighted by molar-refractivity contribution is -0.120. The van der Waals surface area contributed by atoms with Crippen molar-refractivity contribution < 1.29 is 4.79 Å². The smallest absolute Gasteiger partial charge is 0.261 e. The van der Waals surface area contributed by atoms with E-state index in [1.54, 1.807) is 0 Å². The summed E-state index contributed by atoms with van der Waals surface area (Å²) < 4.78 is 1.98. The highest BCUT2D eigenvalue weighted by atomic mass is 16.1. The lowest BCUT2D eigenvalue weighted by Gasteiger charge is -2.29. The van der Waals surface area contributed by atoms with Gasteiger partial charge in [-0.15, -0.1) is 0 Å². The van der Waals surface area contributed by atoms with Crippen molar-refractivity contribution >= 4 is 16.8 Å². The maximum Gasteiger partial charge on any atom is 0.261 e. The van der Waals surface area contributed by atoms with Gasteiger partial charge in [0, 0.05) is 45.7 Å². The van der Waals surface area contributed by atoms with Gasteiger partial charge in [0.15, 0.2) is 0 Å². The standard InChI is InChI=1S/C23H31N5O2/c29-21-9-12-26(13-10-24-21)14-15-27-11-3-6-20(27)22-25-19-5-2-1-4-18(19)23(30)28(22)16-17-7-8-17/h1-2,4-5,17,20H,3,6-16H2,(H,24,29). The number of para-hydroxylation sites is 1. The summed E-state index contributed by atoms with van der Waals surface area (Å²) >= 11 is 0. The maximum absolute atomic E-state index is 13.3. The van der Waals surface area contributed by atoms with Crippen molar-refractivity contribution in [3.63, 3.8) is 0 Å². The van der Waals surface area contributed by atoms with Crippen LogP contribution in [0.1, 0.15) is 44.0 Å². The van der Waals surface area contributed by atoms with Crippen LogP contribution in [0.2, 0.25) is 0 Å². The molecule has 1 N–H and O–H groups in total. The van der Waals surface area contributed by atoms with Gasteiger partial charge in [-0.1, -0.05) is 12.1 Å². The monoisotopic (exact) mass is 409 g/mol. The lowest BCUT2D eigenvalue weighted by atomic mass is 10.1. The van der Waals surface area contributed by atoms with E-state index >= 15 is 0 Å². The molecule has 0 spiro atoms. The molecule has 1 amide bonds. The van der Waals surface area contributed by atoms with Gasteiger partial charge in [-0.25, -0.2) is 4.98 Å². The first-order valence-corrected chi connectivity index (χ1v) is 11.4. The summed E-state index contributed by atoms with van der Waals surface area (Å²) in [5.41, 5.74) is 0.931. The fraction of sp³-hybridized carbons (Fsp3) is 0.609. The predicted octanol–water partition coefficient (Wildman–Crippen LogP) is 1.77. The van der Waals surface area contributed by atoms with E-state index in [0.29, 0.717) is 12.3 Å². The van der Waals surface area contributed by atoms with E-state index in [1.807, 2.05) is 28.8 Å². The Bertz CT molecular complexity index is 983. The third-order valence-electron chi connectivity index (χ3n) is 6.80. The summed E-state index contributed by atoms with van der Waals surface area (Å²) in [6, 6.07) is 7.95. The number of hydrogen-bond acceptors (Lipinski definition) is 5. The molecule has 1 aliphatic carbocycles. The Hall–Kier alpha value is -2.25. The number of carbonyl (C=O) groups is 1. The van der Waals surface area contributed by atoms with Gasteiger partial charge in [0.25, 0.3) is 5.56 Å². The molecule has 3 aliphatic rings. The Labute approximate surface area is 177 Å². The number of fused-ring (bicyclic) bond motifs is 1. The van der Waals surface area contributed by atoms with Crippen LogP contribution in [-0.2, 0) is 11.3 Å². The van der Waals surface area contributed by atoms with E-state index in [9.17, 15) is 9.59 Å². The average Bonchev–Trinajstić information content (AvgIpc) is 3.50. The molecule has 0 radical (unpaired) electrons. The van der Waals surface area contributed by atoms with Gasteiger partial charge < -0.3 is 5.32 Å². The second-order valence-corrected chi connectivity index (χ2v) is 8.98. The van der Waals surface area contributed by atoms with Crippen LogP contribution in [0.4, 0.5) is 0 Å². The highest BCUT2D eigenvalue weighted by molar-refractivity contribution is 5.77. The molecular formula is C23H31N5O2. The highest BCUT2D eigenvalue weighted by Crippen LogP contribution is 2.34. The van der Waals surface area contributed by atoms with Crippen molar-refractivity contribution in [3.05, 3.63) is 40.4 Å². The van der Waals surface area contributed by atoms with Crippen LogP contribution < -0.4 is 10.9 Å².